The van der Waals surface area contributed by atoms with Crippen LogP contribution >= 0.6 is 0 Å². The van der Waals surface area contributed by atoms with Gasteiger partial charge in [0, 0.05) is 28.9 Å². The van der Waals surface area contributed by atoms with Crippen LogP contribution < -0.4 is 10.3 Å². The Kier molecular flexibility index (Phi) is 4.76. The van der Waals surface area contributed by atoms with E-state index in [4.69, 9.17) is 9.26 Å². The van der Waals surface area contributed by atoms with Crippen molar-refractivity contribution in [2.45, 2.75) is 6.92 Å². The quantitative estimate of drug-likeness (QED) is 0.424. The Hall–Kier alpha value is -4.26. The van der Waals surface area contributed by atoms with E-state index in [0.29, 0.717) is 40.7 Å². The second-order valence-electron chi connectivity index (χ2n) is 6.83. The Balaban J connectivity index is 1.67. The first-order valence-corrected chi connectivity index (χ1v) is 9.87. The summed E-state index contributed by atoms with van der Waals surface area (Å²) in [6.45, 7) is 2.51. The van der Waals surface area contributed by atoms with Crippen LogP contribution in [0, 0.1) is 0 Å². The Morgan fingerprint density at radius 1 is 0.968 bits per heavy atom. The molecule has 0 radical (unpaired) electrons. The maximum absolute atomic E-state index is 13.2. The predicted octanol–water partition coefficient (Wildman–Crippen LogP) is 4.50. The zero-order chi connectivity index (χ0) is 21.2. The van der Waals surface area contributed by atoms with Crippen LogP contribution in [0.1, 0.15) is 6.92 Å². The van der Waals surface area contributed by atoms with E-state index in [9.17, 15) is 4.79 Å². The van der Waals surface area contributed by atoms with Crippen LogP contribution in [-0.2, 0) is 0 Å². The van der Waals surface area contributed by atoms with Crippen LogP contribution in [0.25, 0.3) is 39.4 Å². The lowest BCUT2D eigenvalue weighted by Crippen LogP contribution is -2.18. The summed E-state index contributed by atoms with van der Waals surface area (Å²) in [6.07, 6.45) is 3.41. The van der Waals surface area contributed by atoms with Gasteiger partial charge in [0.2, 0.25) is 5.82 Å². The number of hydrogen-bond donors (Lipinski definition) is 0. The van der Waals surface area contributed by atoms with Gasteiger partial charge in [0.25, 0.3) is 11.4 Å². The third-order valence-corrected chi connectivity index (χ3v) is 4.90. The number of benzene rings is 2. The van der Waals surface area contributed by atoms with Crippen LogP contribution in [-0.4, -0.2) is 26.3 Å². The highest BCUT2D eigenvalue weighted by atomic mass is 16.5. The fourth-order valence-corrected chi connectivity index (χ4v) is 3.46. The molecule has 0 bridgehead atoms. The van der Waals surface area contributed by atoms with Crippen LogP contribution in [0.3, 0.4) is 0 Å². The van der Waals surface area contributed by atoms with Gasteiger partial charge in [-0.15, -0.1) is 0 Å². The van der Waals surface area contributed by atoms with E-state index >= 15 is 0 Å². The molecule has 0 saturated carbocycles. The van der Waals surface area contributed by atoms with E-state index in [2.05, 4.69) is 15.1 Å². The van der Waals surface area contributed by atoms with E-state index < -0.39 is 0 Å². The lowest BCUT2D eigenvalue weighted by atomic mass is 10.1. The minimum absolute atomic E-state index is 0.132. The number of rotatable bonds is 5. The molecule has 7 heteroatoms. The van der Waals surface area contributed by atoms with Crippen LogP contribution in [0.4, 0.5) is 0 Å². The van der Waals surface area contributed by atoms with Crippen molar-refractivity contribution in [3.8, 4) is 34.4 Å². The molecule has 0 unspecified atom stereocenters. The summed E-state index contributed by atoms with van der Waals surface area (Å²) in [5.74, 6) is 1.45. The lowest BCUT2D eigenvalue weighted by Gasteiger charge is -2.11. The first kappa shape index (κ1) is 18.7. The van der Waals surface area contributed by atoms with Gasteiger partial charge < -0.3 is 9.26 Å². The van der Waals surface area contributed by atoms with Crippen LogP contribution in [0.15, 0.2) is 88.4 Å². The molecule has 2 aromatic carbocycles. The summed E-state index contributed by atoms with van der Waals surface area (Å²) >= 11 is 0. The van der Waals surface area contributed by atoms with Gasteiger partial charge in [-0.25, -0.2) is 0 Å². The van der Waals surface area contributed by atoms with E-state index in [0.717, 1.165) is 11.1 Å². The lowest BCUT2D eigenvalue weighted by molar-refractivity contribution is 0.340. The highest BCUT2D eigenvalue weighted by molar-refractivity contribution is 5.94. The van der Waals surface area contributed by atoms with Gasteiger partial charge in [-0.2, -0.15) is 4.98 Å². The number of pyridine rings is 2. The summed E-state index contributed by atoms with van der Waals surface area (Å²) in [5, 5.41) is 5.38. The molecule has 3 aromatic heterocycles. The molecule has 3 heterocycles. The van der Waals surface area contributed by atoms with Gasteiger partial charge in [0.1, 0.15) is 11.4 Å². The van der Waals surface area contributed by atoms with Gasteiger partial charge >= 0.3 is 0 Å². The summed E-state index contributed by atoms with van der Waals surface area (Å²) in [4.78, 5) is 22.0. The number of nitrogens with zero attached hydrogens (tertiary/aromatic N) is 4. The molecule has 0 N–H and O–H groups in total. The van der Waals surface area contributed by atoms with Crippen molar-refractivity contribution in [2.24, 2.45) is 0 Å². The second-order valence-corrected chi connectivity index (χ2v) is 6.83. The predicted molar refractivity (Wildman–Crippen MR) is 117 cm³/mol. The van der Waals surface area contributed by atoms with Crippen molar-refractivity contribution >= 4 is 10.8 Å². The molecule has 0 atom stereocenters. The summed E-state index contributed by atoms with van der Waals surface area (Å²) < 4.78 is 12.6. The third-order valence-electron chi connectivity index (χ3n) is 4.90. The van der Waals surface area contributed by atoms with Gasteiger partial charge in [-0.3, -0.25) is 14.3 Å². The molecule has 0 aliphatic carbocycles. The molecular formula is C24H18N4O3. The Morgan fingerprint density at radius 3 is 2.48 bits per heavy atom. The first-order valence-electron chi connectivity index (χ1n) is 9.87. The van der Waals surface area contributed by atoms with E-state index in [1.54, 1.807) is 23.0 Å². The zero-order valence-corrected chi connectivity index (χ0v) is 16.7. The highest BCUT2D eigenvalue weighted by Crippen LogP contribution is 2.28. The van der Waals surface area contributed by atoms with Gasteiger partial charge in [0.15, 0.2) is 0 Å². The van der Waals surface area contributed by atoms with Gasteiger partial charge in [-0.1, -0.05) is 29.4 Å². The molecule has 0 aliphatic rings. The monoisotopic (exact) mass is 410 g/mol. The number of ether oxygens (including phenoxy) is 1. The number of fused-ring (bicyclic) bond motifs is 1. The number of aromatic nitrogens is 4. The van der Waals surface area contributed by atoms with Gasteiger partial charge in [-0.05, 0) is 49.4 Å². The van der Waals surface area contributed by atoms with E-state index in [1.807, 2.05) is 67.6 Å². The molecule has 0 amide bonds. The van der Waals surface area contributed by atoms with Crippen LogP contribution in [0.5, 0.6) is 5.75 Å². The zero-order valence-electron chi connectivity index (χ0n) is 16.7. The van der Waals surface area contributed by atoms with E-state index in [1.165, 1.54) is 0 Å². The Labute approximate surface area is 177 Å². The van der Waals surface area contributed by atoms with Crippen molar-refractivity contribution in [3.63, 3.8) is 0 Å². The largest absolute Gasteiger partial charge is 0.494 e. The minimum Gasteiger partial charge on any atom is -0.494 e. The minimum atomic E-state index is -0.132. The standard InChI is InChI=1S/C24H18N4O3/c1-2-30-17-12-10-16(11-13-17)28-15-20(18-7-3-4-8-19(18)24(28)29)23-26-22(27-31-23)21-9-5-6-14-25-21/h3-15H,2H2,1H3. The summed E-state index contributed by atoms with van der Waals surface area (Å²) in [7, 11) is 0. The highest BCUT2D eigenvalue weighted by Gasteiger charge is 2.17. The van der Waals surface area contributed by atoms with Crippen molar-refractivity contribution in [3.05, 3.63) is 89.5 Å². The Morgan fingerprint density at radius 2 is 1.74 bits per heavy atom. The fourth-order valence-electron chi connectivity index (χ4n) is 3.46. The molecule has 0 aliphatic heterocycles. The summed E-state index contributed by atoms with van der Waals surface area (Å²) in [6, 6.07) is 20.2. The van der Waals surface area contributed by atoms with Crippen molar-refractivity contribution in [1.29, 1.82) is 0 Å². The molecule has 152 valence electrons. The normalized spacial score (nSPS) is 11.0. The molecular weight excluding hydrogens is 392 g/mol. The SMILES string of the molecule is CCOc1ccc(-n2cc(-c3nc(-c4ccccn4)no3)c3ccccc3c2=O)cc1. The Bertz CT molecular complexity index is 1410. The second kappa shape index (κ2) is 7.87. The summed E-state index contributed by atoms with van der Waals surface area (Å²) in [5.41, 5.74) is 1.86. The third kappa shape index (κ3) is 3.46. The average Bonchev–Trinajstić information content (AvgIpc) is 3.31. The van der Waals surface area contributed by atoms with Crippen LogP contribution in [0.2, 0.25) is 0 Å². The maximum atomic E-state index is 13.2. The number of hydrogen-bond acceptors (Lipinski definition) is 6. The molecule has 31 heavy (non-hydrogen) atoms. The molecule has 0 saturated heterocycles. The maximum Gasteiger partial charge on any atom is 0.262 e. The fraction of sp³-hybridized carbons (Fsp3) is 0.0833. The topological polar surface area (TPSA) is 83.0 Å². The van der Waals surface area contributed by atoms with Gasteiger partial charge in [0.05, 0.1) is 12.2 Å². The van der Waals surface area contributed by atoms with Crippen molar-refractivity contribution < 1.29 is 9.26 Å². The van der Waals surface area contributed by atoms with E-state index in [-0.39, 0.29) is 5.56 Å². The molecule has 7 nitrogen and oxygen atoms in total. The molecule has 0 fully saturated rings. The first-order chi connectivity index (χ1) is 15.2. The smallest absolute Gasteiger partial charge is 0.262 e. The molecule has 5 aromatic rings. The molecule has 0 spiro atoms. The average molecular weight is 410 g/mol. The van der Waals surface area contributed by atoms with Crippen molar-refractivity contribution in [1.82, 2.24) is 19.7 Å². The van der Waals surface area contributed by atoms with Crippen molar-refractivity contribution in [2.75, 3.05) is 6.61 Å². The molecule has 5 rings (SSSR count).